The van der Waals surface area contributed by atoms with E-state index in [1.807, 2.05) is 54.6 Å². The van der Waals surface area contributed by atoms with E-state index in [1.54, 1.807) is 14.2 Å². The van der Waals surface area contributed by atoms with E-state index in [1.165, 1.54) is 4.90 Å². The lowest BCUT2D eigenvalue weighted by molar-refractivity contribution is 0.156. The highest BCUT2D eigenvalue weighted by Crippen LogP contribution is 2.18. The maximum atomic E-state index is 12.0. The summed E-state index contributed by atoms with van der Waals surface area (Å²) >= 11 is 0. The number of nitrogens with zero attached hydrogens (tertiary/aromatic N) is 1. The van der Waals surface area contributed by atoms with Crippen molar-refractivity contribution in [2.45, 2.75) is 6.42 Å². The molecule has 0 radical (unpaired) electrons. The maximum Gasteiger partial charge on any atom is 0.414 e. The van der Waals surface area contributed by atoms with Gasteiger partial charge < -0.3 is 9.47 Å². The Morgan fingerprint density at radius 2 is 1.71 bits per heavy atom. The first-order chi connectivity index (χ1) is 10.2. The minimum absolute atomic E-state index is 0.364. The molecule has 0 spiro atoms. The molecule has 0 aliphatic rings. The van der Waals surface area contributed by atoms with Gasteiger partial charge in [-0.1, -0.05) is 30.3 Å². The number of benzene rings is 2. The average molecular weight is 285 g/mol. The van der Waals surface area contributed by atoms with Gasteiger partial charge in [-0.2, -0.15) is 0 Å². The fraction of sp³-hybridized carbons (Fsp3) is 0.235. The molecule has 0 atom stereocenters. The second kappa shape index (κ2) is 7.33. The fourth-order valence-electron chi connectivity index (χ4n) is 1.91. The number of ether oxygens (including phenoxy) is 2. The van der Waals surface area contributed by atoms with Gasteiger partial charge in [-0.3, -0.25) is 4.90 Å². The smallest absolute Gasteiger partial charge is 0.414 e. The number of amides is 1. The number of rotatable bonds is 5. The SMILES string of the molecule is COc1ccc(N(C)C(=O)OCCc2ccccc2)cc1. The van der Waals surface area contributed by atoms with Crippen LogP contribution in [0.25, 0.3) is 0 Å². The Balaban J connectivity index is 1.84. The minimum Gasteiger partial charge on any atom is -0.497 e. The molecule has 4 nitrogen and oxygen atoms in total. The number of methoxy groups -OCH3 is 1. The molecule has 4 heteroatoms. The van der Waals surface area contributed by atoms with Crippen LogP contribution in [0.5, 0.6) is 5.75 Å². The monoisotopic (exact) mass is 285 g/mol. The van der Waals surface area contributed by atoms with E-state index in [4.69, 9.17) is 9.47 Å². The number of carbonyl (C=O) groups excluding carboxylic acids is 1. The topological polar surface area (TPSA) is 38.8 Å². The Kier molecular flexibility index (Phi) is 5.21. The van der Waals surface area contributed by atoms with E-state index in [9.17, 15) is 4.79 Å². The molecule has 2 rings (SSSR count). The van der Waals surface area contributed by atoms with Crippen molar-refractivity contribution in [3.05, 3.63) is 60.2 Å². The van der Waals surface area contributed by atoms with E-state index in [2.05, 4.69) is 0 Å². The van der Waals surface area contributed by atoms with E-state index >= 15 is 0 Å². The van der Waals surface area contributed by atoms with Crippen molar-refractivity contribution in [3.8, 4) is 5.75 Å². The molecule has 1 amide bonds. The molecule has 0 fully saturated rings. The van der Waals surface area contributed by atoms with Gasteiger partial charge in [0.1, 0.15) is 5.75 Å². The molecule has 2 aromatic rings. The molecule has 0 heterocycles. The van der Waals surface area contributed by atoms with Gasteiger partial charge in [-0.05, 0) is 29.8 Å². The second-order valence-corrected chi connectivity index (χ2v) is 4.61. The summed E-state index contributed by atoms with van der Waals surface area (Å²) in [5.41, 5.74) is 1.91. The standard InChI is InChI=1S/C17H19NO3/c1-18(15-8-10-16(20-2)11-9-15)17(19)21-13-12-14-6-4-3-5-7-14/h3-11H,12-13H2,1-2H3. The summed E-state index contributed by atoms with van der Waals surface area (Å²) in [4.78, 5) is 13.4. The van der Waals surface area contributed by atoms with Crippen molar-refractivity contribution in [1.29, 1.82) is 0 Å². The molecule has 21 heavy (non-hydrogen) atoms. The number of hydrogen-bond donors (Lipinski definition) is 0. The van der Waals surface area contributed by atoms with Crippen LogP contribution in [0.4, 0.5) is 10.5 Å². The molecular formula is C17H19NO3. The highest BCUT2D eigenvalue weighted by molar-refractivity contribution is 5.86. The van der Waals surface area contributed by atoms with Crippen LogP contribution in [0.1, 0.15) is 5.56 Å². The van der Waals surface area contributed by atoms with Gasteiger partial charge in [0.2, 0.25) is 0 Å². The molecule has 0 saturated carbocycles. The zero-order chi connectivity index (χ0) is 15.1. The average Bonchev–Trinajstić information content (AvgIpc) is 2.55. The van der Waals surface area contributed by atoms with E-state index in [0.717, 1.165) is 17.0 Å². The van der Waals surface area contributed by atoms with E-state index in [-0.39, 0.29) is 6.09 Å². The molecule has 0 aliphatic carbocycles. The van der Waals surface area contributed by atoms with Gasteiger partial charge in [0.05, 0.1) is 13.7 Å². The molecule has 0 bridgehead atoms. The lowest BCUT2D eigenvalue weighted by atomic mass is 10.2. The lowest BCUT2D eigenvalue weighted by Gasteiger charge is -2.17. The Hall–Kier alpha value is -2.49. The zero-order valence-electron chi connectivity index (χ0n) is 12.3. The lowest BCUT2D eigenvalue weighted by Crippen LogP contribution is -2.27. The minimum atomic E-state index is -0.365. The summed E-state index contributed by atoms with van der Waals surface area (Å²) in [5.74, 6) is 0.754. The predicted octanol–water partition coefficient (Wildman–Crippen LogP) is 3.51. The molecule has 2 aromatic carbocycles. The Morgan fingerprint density at radius 3 is 2.33 bits per heavy atom. The molecule has 0 unspecified atom stereocenters. The summed E-state index contributed by atoms with van der Waals surface area (Å²) in [7, 11) is 3.29. The van der Waals surface area contributed by atoms with Crippen LogP contribution in [-0.2, 0) is 11.2 Å². The van der Waals surface area contributed by atoms with Gasteiger partial charge in [0.25, 0.3) is 0 Å². The predicted molar refractivity (Wildman–Crippen MR) is 82.9 cm³/mol. The first kappa shape index (κ1) is 14.9. The third kappa shape index (κ3) is 4.24. The van der Waals surface area contributed by atoms with Crippen LogP contribution < -0.4 is 9.64 Å². The van der Waals surface area contributed by atoms with Crippen LogP contribution in [-0.4, -0.2) is 26.9 Å². The summed E-state index contributed by atoms with van der Waals surface area (Å²) in [6, 6.07) is 17.2. The van der Waals surface area contributed by atoms with Gasteiger partial charge >= 0.3 is 6.09 Å². The molecule has 0 saturated heterocycles. The number of anilines is 1. The zero-order valence-corrected chi connectivity index (χ0v) is 12.3. The Bertz CT molecular complexity index is 566. The molecule has 0 aliphatic heterocycles. The summed E-state index contributed by atoms with van der Waals surface area (Å²) in [6.45, 7) is 0.364. The van der Waals surface area contributed by atoms with Crippen molar-refractivity contribution < 1.29 is 14.3 Å². The van der Waals surface area contributed by atoms with E-state index < -0.39 is 0 Å². The van der Waals surface area contributed by atoms with Crippen LogP contribution >= 0.6 is 0 Å². The maximum absolute atomic E-state index is 12.0. The second-order valence-electron chi connectivity index (χ2n) is 4.61. The van der Waals surface area contributed by atoms with Crippen LogP contribution in [0.3, 0.4) is 0 Å². The van der Waals surface area contributed by atoms with Crippen molar-refractivity contribution in [2.75, 3.05) is 25.7 Å². The molecular weight excluding hydrogens is 266 g/mol. The fourth-order valence-corrected chi connectivity index (χ4v) is 1.91. The first-order valence-corrected chi connectivity index (χ1v) is 6.79. The normalized spacial score (nSPS) is 10.0. The van der Waals surface area contributed by atoms with E-state index in [0.29, 0.717) is 13.0 Å². The quantitative estimate of drug-likeness (QED) is 0.844. The first-order valence-electron chi connectivity index (χ1n) is 6.79. The molecule has 0 N–H and O–H groups in total. The van der Waals surface area contributed by atoms with Gasteiger partial charge in [0.15, 0.2) is 0 Å². The van der Waals surface area contributed by atoms with Crippen molar-refractivity contribution >= 4 is 11.8 Å². The van der Waals surface area contributed by atoms with Crippen LogP contribution in [0.2, 0.25) is 0 Å². The third-order valence-electron chi connectivity index (χ3n) is 3.19. The van der Waals surface area contributed by atoms with Gasteiger partial charge in [-0.25, -0.2) is 4.79 Å². The molecule has 110 valence electrons. The summed E-state index contributed by atoms with van der Waals surface area (Å²) in [5, 5.41) is 0. The van der Waals surface area contributed by atoms with Crippen LogP contribution in [0, 0.1) is 0 Å². The highest BCUT2D eigenvalue weighted by Gasteiger charge is 2.12. The van der Waals surface area contributed by atoms with Crippen LogP contribution in [0.15, 0.2) is 54.6 Å². The Morgan fingerprint density at radius 1 is 1.05 bits per heavy atom. The third-order valence-corrected chi connectivity index (χ3v) is 3.19. The largest absolute Gasteiger partial charge is 0.497 e. The van der Waals surface area contributed by atoms with Gasteiger partial charge in [-0.15, -0.1) is 0 Å². The number of hydrogen-bond acceptors (Lipinski definition) is 3. The molecule has 0 aromatic heterocycles. The summed E-state index contributed by atoms with van der Waals surface area (Å²) in [6.07, 6.45) is 0.347. The van der Waals surface area contributed by atoms with Gasteiger partial charge in [0, 0.05) is 19.2 Å². The Labute approximate surface area is 124 Å². The number of carbonyl (C=O) groups is 1. The summed E-state index contributed by atoms with van der Waals surface area (Å²) < 4.78 is 10.4. The highest BCUT2D eigenvalue weighted by atomic mass is 16.6. The van der Waals surface area contributed by atoms with Crippen molar-refractivity contribution in [1.82, 2.24) is 0 Å². The van der Waals surface area contributed by atoms with Crippen molar-refractivity contribution in [3.63, 3.8) is 0 Å². The van der Waals surface area contributed by atoms with Crippen molar-refractivity contribution in [2.24, 2.45) is 0 Å².